The van der Waals surface area contributed by atoms with Gasteiger partial charge in [0.2, 0.25) is 0 Å². The van der Waals surface area contributed by atoms with Gasteiger partial charge in [-0.25, -0.2) is 0 Å². The largest absolute Gasteiger partial charge is 0.297 e. The van der Waals surface area contributed by atoms with E-state index in [0.29, 0.717) is 5.78 Å². The highest BCUT2D eigenvalue weighted by atomic mass is 16.1. The van der Waals surface area contributed by atoms with Gasteiger partial charge < -0.3 is 0 Å². The Morgan fingerprint density at radius 2 is 1.47 bits per heavy atom. The molecule has 0 aromatic carbocycles. The van der Waals surface area contributed by atoms with E-state index in [1.54, 1.807) is 0 Å². The molecule has 0 N–H and O–H groups in total. The molecule has 0 aromatic heterocycles. The third kappa shape index (κ3) is 0.894. The van der Waals surface area contributed by atoms with Gasteiger partial charge in [-0.2, -0.15) is 0 Å². The maximum atomic E-state index is 12.8. The van der Waals surface area contributed by atoms with Crippen molar-refractivity contribution in [2.45, 2.75) is 6.92 Å². The molecule has 82 valence electrons. The Balaban J connectivity index is 1.78. The number of hydrogen-bond donors (Lipinski definition) is 0. The van der Waals surface area contributed by atoms with Gasteiger partial charge in [-0.1, -0.05) is 48.6 Å². The first-order valence-corrected chi connectivity index (χ1v) is 5.96. The smallest absolute Gasteiger partial charge is 0.159 e. The van der Waals surface area contributed by atoms with Gasteiger partial charge in [0.25, 0.3) is 0 Å². The number of rotatable bonds is 2. The second-order valence-corrected chi connectivity index (χ2v) is 5.17. The first-order chi connectivity index (χ1) is 8.21. The predicted octanol–water partition coefficient (Wildman–Crippen LogP) is 3.05. The van der Waals surface area contributed by atoms with E-state index in [2.05, 4.69) is 55.5 Å². The fraction of sp³-hybridized carbons (Fsp3) is 0.188. The van der Waals surface area contributed by atoms with E-state index in [1.165, 1.54) is 0 Å². The molecule has 0 amide bonds. The Bertz CT molecular complexity index is 588. The van der Waals surface area contributed by atoms with Crippen molar-refractivity contribution in [1.82, 2.24) is 0 Å². The normalized spacial score (nSPS) is 26.2. The Labute approximate surface area is 100 Å². The zero-order chi connectivity index (χ0) is 11.6. The maximum absolute atomic E-state index is 12.8. The molecule has 1 nitrogen and oxygen atoms in total. The second kappa shape index (κ2) is 2.67. The van der Waals surface area contributed by atoms with Crippen LogP contribution in [-0.2, 0) is 4.79 Å². The van der Waals surface area contributed by atoms with Gasteiger partial charge in [0.05, 0.1) is 11.3 Å². The molecular weight excluding hydrogens is 208 g/mol. The molecule has 4 rings (SSSR count). The number of Topliss-reactive ketones (excluding diaryl/α,β-unsaturated/α-hetero) is 1. The van der Waals surface area contributed by atoms with Crippen molar-refractivity contribution in [2.75, 3.05) is 0 Å². The van der Waals surface area contributed by atoms with Crippen LogP contribution in [0.4, 0.5) is 0 Å². The summed E-state index contributed by atoms with van der Waals surface area (Å²) in [5.74, 6) is 0.294. The average molecular weight is 220 g/mol. The van der Waals surface area contributed by atoms with Gasteiger partial charge in [-0.15, -0.1) is 0 Å². The molecule has 4 bridgehead atoms. The van der Waals surface area contributed by atoms with Crippen molar-refractivity contribution in [2.24, 2.45) is 11.3 Å². The molecule has 0 aliphatic heterocycles. The highest BCUT2D eigenvalue weighted by Crippen LogP contribution is 2.51. The predicted molar refractivity (Wildman–Crippen MR) is 67.2 cm³/mol. The fourth-order valence-electron chi connectivity index (χ4n) is 3.25. The molecule has 0 fully saturated rings. The summed E-state index contributed by atoms with van der Waals surface area (Å²) in [5, 5.41) is 0. The molecule has 0 spiro atoms. The van der Waals surface area contributed by atoms with Crippen molar-refractivity contribution in [3.05, 3.63) is 70.9 Å². The van der Waals surface area contributed by atoms with Crippen LogP contribution in [0.15, 0.2) is 70.9 Å². The number of carbonyl (C=O) groups is 1. The summed E-state index contributed by atoms with van der Waals surface area (Å²) in [6, 6.07) is 0. The summed E-state index contributed by atoms with van der Waals surface area (Å²) in [6.07, 6.45) is 16.5. The van der Waals surface area contributed by atoms with Gasteiger partial charge in [-0.05, 0) is 29.2 Å². The quantitative estimate of drug-likeness (QED) is 0.699. The van der Waals surface area contributed by atoms with E-state index in [0.717, 1.165) is 22.3 Å². The molecular formula is C16H12O. The molecule has 17 heavy (non-hydrogen) atoms. The van der Waals surface area contributed by atoms with E-state index < -0.39 is 5.41 Å². The van der Waals surface area contributed by atoms with Crippen LogP contribution in [0, 0.1) is 11.3 Å². The molecule has 0 unspecified atom stereocenters. The van der Waals surface area contributed by atoms with Crippen molar-refractivity contribution in [1.29, 1.82) is 0 Å². The molecule has 0 radical (unpaired) electrons. The van der Waals surface area contributed by atoms with E-state index in [-0.39, 0.29) is 5.92 Å². The number of carbonyl (C=O) groups excluding carboxylic acids is 1. The molecule has 0 saturated heterocycles. The van der Waals surface area contributed by atoms with Crippen LogP contribution in [0.5, 0.6) is 0 Å². The van der Waals surface area contributed by atoms with Crippen molar-refractivity contribution >= 4 is 5.78 Å². The van der Waals surface area contributed by atoms with E-state index in [1.807, 2.05) is 0 Å². The number of allylic oxidation sites excluding steroid dienone is 12. The number of fused-ring (bicyclic) bond motifs is 4. The lowest BCUT2D eigenvalue weighted by atomic mass is 9.73. The summed E-state index contributed by atoms with van der Waals surface area (Å²) in [4.78, 5) is 12.8. The summed E-state index contributed by atoms with van der Waals surface area (Å²) in [6.45, 7) is 2.05. The van der Waals surface area contributed by atoms with E-state index in [4.69, 9.17) is 0 Å². The van der Waals surface area contributed by atoms with Gasteiger partial charge >= 0.3 is 0 Å². The molecule has 0 aromatic rings. The molecule has 4 aliphatic rings. The Morgan fingerprint density at radius 3 is 1.88 bits per heavy atom. The average Bonchev–Trinajstić information content (AvgIpc) is 3.09. The number of ketones is 1. The minimum Gasteiger partial charge on any atom is -0.297 e. The first kappa shape index (κ1) is 9.17. The first-order valence-electron chi connectivity index (χ1n) is 5.96. The van der Waals surface area contributed by atoms with Crippen LogP contribution in [-0.4, -0.2) is 5.78 Å². The van der Waals surface area contributed by atoms with Crippen LogP contribution in [0.25, 0.3) is 0 Å². The monoisotopic (exact) mass is 220 g/mol. The topological polar surface area (TPSA) is 17.1 Å². The highest BCUT2D eigenvalue weighted by molar-refractivity contribution is 6.02. The van der Waals surface area contributed by atoms with Crippen molar-refractivity contribution in [3.63, 3.8) is 0 Å². The van der Waals surface area contributed by atoms with Gasteiger partial charge in [0.15, 0.2) is 5.78 Å². The molecule has 0 saturated carbocycles. The Kier molecular flexibility index (Phi) is 1.44. The third-order valence-corrected chi connectivity index (χ3v) is 4.40. The minimum atomic E-state index is -0.404. The molecule has 4 aliphatic carbocycles. The summed E-state index contributed by atoms with van der Waals surface area (Å²) < 4.78 is 0. The number of hydrogen-bond acceptors (Lipinski definition) is 1. The zero-order valence-corrected chi connectivity index (χ0v) is 9.60. The maximum Gasteiger partial charge on any atom is 0.159 e. The van der Waals surface area contributed by atoms with Gasteiger partial charge in [0, 0.05) is 0 Å². The Hall–Kier alpha value is -1.89. The third-order valence-electron chi connectivity index (χ3n) is 4.40. The summed E-state index contributed by atoms with van der Waals surface area (Å²) >= 11 is 0. The van der Waals surface area contributed by atoms with Crippen LogP contribution in [0.2, 0.25) is 0 Å². The Morgan fingerprint density at radius 1 is 0.941 bits per heavy atom. The fourth-order valence-corrected chi connectivity index (χ4v) is 3.25. The van der Waals surface area contributed by atoms with Crippen LogP contribution in [0.3, 0.4) is 0 Å². The van der Waals surface area contributed by atoms with Crippen LogP contribution >= 0.6 is 0 Å². The lowest BCUT2D eigenvalue weighted by molar-refractivity contribution is -0.125. The van der Waals surface area contributed by atoms with E-state index in [9.17, 15) is 4.79 Å². The minimum absolute atomic E-state index is 0.0233. The molecule has 0 heterocycles. The lowest BCUT2D eigenvalue weighted by Crippen LogP contribution is -2.33. The SMILES string of the molecule is CC1(C(=O)C2C3=CC=C2C=C3)C2=CC=C1C=C2. The highest BCUT2D eigenvalue weighted by Gasteiger charge is 2.48. The van der Waals surface area contributed by atoms with Gasteiger partial charge in [0.1, 0.15) is 0 Å². The second-order valence-electron chi connectivity index (χ2n) is 5.17. The summed E-state index contributed by atoms with van der Waals surface area (Å²) in [5.41, 5.74) is 4.19. The van der Waals surface area contributed by atoms with Crippen molar-refractivity contribution < 1.29 is 4.79 Å². The summed E-state index contributed by atoms with van der Waals surface area (Å²) in [7, 11) is 0. The molecule has 0 atom stereocenters. The standard InChI is InChI=1S/C16H12O/c1-16(12-6-7-13(16)9-8-12)15(17)14-10-2-3-11(14)5-4-10/h2-9,14H,1H3. The molecule has 1 heteroatoms. The van der Waals surface area contributed by atoms with Crippen LogP contribution < -0.4 is 0 Å². The lowest BCUT2D eigenvalue weighted by Gasteiger charge is -2.27. The van der Waals surface area contributed by atoms with Crippen LogP contribution in [0.1, 0.15) is 6.92 Å². The van der Waals surface area contributed by atoms with Crippen molar-refractivity contribution in [3.8, 4) is 0 Å². The van der Waals surface area contributed by atoms with Gasteiger partial charge in [-0.3, -0.25) is 4.79 Å². The zero-order valence-electron chi connectivity index (χ0n) is 9.60. The van der Waals surface area contributed by atoms with E-state index >= 15 is 0 Å².